The third kappa shape index (κ3) is 6.14. The van der Waals surface area contributed by atoms with Crippen molar-refractivity contribution in [2.75, 3.05) is 0 Å². The highest BCUT2D eigenvalue weighted by atomic mass is 31.2. The number of aliphatic hydroxyl groups excluding tert-OH is 2. The van der Waals surface area contributed by atoms with Crippen LogP contribution >= 0.6 is 6.89 Å². The maximum absolute atomic E-state index is 14.7. The van der Waals surface area contributed by atoms with E-state index in [9.17, 15) is 24.6 Å². The van der Waals surface area contributed by atoms with Crippen molar-refractivity contribution in [1.29, 1.82) is 0 Å². The standard InChI is InChI=1S/C38H38NO5P/c1-3-4-20-34(42)38(39-33(36(27(2)41)37(39)44)25-35(43)29-23-21-28(26-40)22-24-29)45(30-14-8-5-9-15-30,31-16-10-6-11-17-31)32-18-12-7-13-19-32/h3,5-19,21-24,27,33,36,40-41H,1,4,20,25-26H2,2H3/t27-,33-,36-/m1/s1. The van der Waals surface area contributed by atoms with Crippen LogP contribution in [0.4, 0.5) is 0 Å². The van der Waals surface area contributed by atoms with Crippen molar-refractivity contribution in [3.8, 4) is 0 Å². The van der Waals surface area contributed by atoms with Gasteiger partial charge in [-0.3, -0.25) is 14.4 Å². The van der Waals surface area contributed by atoms with Gasteiger partial charge in [-0.1, -0.05) is 121 Å². The van der Waals surface area contributed by atoms with Crippen molar-refractivity contribution >= 4 is 45.7 Å². The molecule has 1 aliphatic heterocycles. The quantitative estimate of drug-likeness (QED) is 0.0987. The molecule has 5 rings (SSSR count). The lowest BCUT2D eigenvalue weighted by Gasteiger charge is -2.51. The third-order valence-electron chi connectivity index (χ3n) is 8.44. The van der Waals surface area contributed by atoms with E-state index in [1.807, 2.05) is 91.0 Å². The molecule has 0 saturated carbocycles. The van der Waals surface area contributed by atoms with E-state index in [-0.39, 0.29) is 36.9 Å². The van der Waals surface area contributed by atoms with Gasteiger partial charge in [-0.05, 0) is 34.8 Å². The molecule has 45 heavy (non-hydrogen) atoms. The molecule has 0 radical (unpaired) electrons. The number of ketones is 2. The highest BCUT2D eigenvalue weighted by molar-refractivity contribution is 7.96. The van der Waals surface area contributed by atoms with Crippen LogP contribution in [0.3, 0.4) is 0 Å². The number of carbonyl (C=O) groups is 3. The molecule has 1 aliphatic rings. The molecule has 2 N–H and O–H groups in total. The second-order valence-electron chi connectivity index (χ2n) is 11.3. The number of β-lactam (4-membered cyclic amide) rings is 1. The van der Waals surface area contributed by atoms with E-state index in [2.05, 4.69) is 6.58 Å². The fourth-order valence-electron chi connectivity index (χ4n) is 6.28. The second kappa shape index (κ2) is 14.2. The highest BCUT2D eigenvalue weighted by Crippen LogP contribution is 2.50. The first-order chi connectivity index (χ1) is 21.8. The molecule has 6 nitrogen and oxygen atoms in total. The van der Waals surface area contributed by atoms with E-state index in [1.165, 1.54) is 0 Å². The van der Waals surface area contributed by atoms with Crippen molar-refractivity contribution in [3.05, 3.63) is 139 Å². The number of aliphatic hydroxyl groups is 2. The molecule has 1 fully saturated rings. The van der Waals surface area contributed by atoms with E-state index in [4.69, 9.17) is 0 Å². The largest absolute Gasteiger partial charge is 0.393 e. The van der Waals surface area contributed by atoms with Gasteiger partial charge in [0.15, 0.2) is 11.6 Å². The number of Topliss-reactive ketones (excluding diaryl/α,β-unsaturated/α-hetero) is 2. The Labute approximate surface area is 264 Å². The third-order valence-corrected chi connectivity index (χ3v) is 12.8. The van der Waals surface area contributed by atoms with Gasteiger partial charge in [0, 0.05) is 25.3 Å². The van der Waals surface area contributed by atoms with Crippen LogP contribution in [-0.4, -0.2) is 50.1 Å². The molecule has 4 aromatic rings. The first-order valence-electron chi connectivity index (χ1n) is 15.2. The number of allylic oxidation sites excluding steroid dienone is 1. The maximum atomic E-state index is 14.7. The zero-order chi connectivity index (χ0) is 32.0. The minimum atomic E-state index is -3.02. The summed E-state index contributed by atoms with van der Waals surface area (Å²) in [6.07, 6.45) is 1.15. The van der Waals surface area contributed by atoms with Crippen LogP contribution in [0.15, 0.2) is 128 Å². The van der Waals surface area contributed by atoms with Gasteiger partial charge in [0.25, 0.3) is 0 Å². The maximum Gasteiger partial charge on any atom is 0.235 e. The molecule has 4 aromatic carbocycles. The number of nitrogens with zero attached hydrogens (tertiary/aromatic N) is 1. The van der Waals surface area contributed by atoms with E-state index >= 15 is 0 Å². The number of hydrogen-bond donors (Lipinski definition) is 2. The molecular weight excluding hydrogens is 581 g/mol. The van der Waals surface area contributed by atoms with Gasteiger partial charge in [-0.2, -0.15) is 0 Å². The summed E-state index contributed by atoms with van der Waals surface area (Å²) in [5.41, 5.74) is 1.48. The zero-order valence-corrected chi connectivity index (χ0v) is 26.2. The Hall–Kier alpha value is -4.35. The van der Waals surface area contributed by atoms with Crippen LogP contribution in [0.1, 0.15) is 42.1 Å². The number of hydrogen-bond acceptors (Lipinski definition) is 5. The predicted molar refractivity (Wildman–Crippen MR) is 182 cm³/mol. The normalized spacial score (nSPS) is 16.9. The summed E-state index contributed by atoms with van der Waals surface area (Å²) >= 11 is 0. The van der Waals surface area contributed by atoms with Gasteiger partial charge >= 0.3 is 0 Å². The monoisotopic (exact) mass is 619 g/mol. The summed E-state index contributed by atoms with van der Waals surface area (Å²) in [6, 6.07) is 35.4. The van der Waals surface area contributed by atoms with E-state index in [0.29, 0.717) is 23.0 Å². The van der Waals surface area contributed by atoms with Crippen molar-refractivity contribution in [2.24, 2.45) is 5.92 Å². The van der Waals surface area contributed by atoms with E-state index in [1.54, 1.807) is 42.2 Å². The summed E-state index contributed by atoms with van der Waals surface area (Å²) in [7, 11) is 0. The summed E-state index contributed by atoms with van der Waals surface area (Å²) < 4.78 is 0. The molecule has 7 heteroatoms. The fraction of sp³-hybridized carbons (Fsp3) is 0.211. The lowest BCUT2D eigenvalue weighted by Crippen LogP contribution is -2.68. The Morgan fingerprint density at radius 2 is 1.33 bits per heavy atom. The molecule has 1 saturated heterocycles. The molecule has 1 amide bonds. The Morgan fingerprint density at radius 1 is 0.844 bits per heavy atom. The van der Waals surface area contributed by atoms with Gasteiger partial charge in [0.2, 0.25) is 5.91 Å². The average molecular weight is 620 g/mol. The van der Waals surface area contributed by atoms with Crippen molar-refractivity contribution in [3.63, 3.8) is 0 Å². The summed E-state index contributed by atoms with van der Waals surface area (Å²) in [6.45, 7) is 2.23. The SMILES string of the molecule is C=CCCC(=O)C(N1C(=O)[C@H]([C@@H](C)O)[C@H]1CC(=O)c1ccc(CO)cc1)=P(c1ccccc1)(c1ccccc1)c1ccccc1. The molecule has 0 spiro atoms. The van der Waals surface area contributed by atoms with Crippen LogP contribution in [0, 0.1) is 5.92 Å². The summed E-state index contributed by atoms with van der Waals surface area (Å²) in [4.78, 5) is 44.2. The fourth-order valence-corrected chi connectivity index (χ4v) is 10.8. The molecule has 0 bridgehead atoms. The van der Waals surface area contributed by atoms with Crippen molar-refractivity contribution in [1.82, 2.24) is 4.90 Å². The zero-order valence-electron chi connectivity index (χ0n) is 25.3. The second-order valence-corrected chi connectivity index (χ2v) is 14.6. The topological polar surface area (TPSA) is 94.9 Å². The van der Waals surface area contributed by atoms with Crippen LogP contribution in [0.25, 0.3) is 0 Å². The van der Waals surface area contributed by atoms with Gasteiger partial charge in [0.05, 0.1) is 30.1 Å². The molecule has 230 valence electrons. The predicted octanol–water partition coefficient (Wildman–Crippen LogP) is 4.62. The number of benzene rings is 4. The molecule has 1 heterocycles. The Balaban J connectivity index is 1.83. The first kappa shape index (κ1) is 32.1. The Bertz CT molecular complexity index is 1610. The van der Waals surface area contributed by atoms with Crippen LogP contribution in [-0.2, 0) is 16.2 Å². The Kier molecular flexibility index (Phi) is 10.1. The first-order valence-corrected chi connectivity index (χ1v) is 16.9. The number of likely N-dealkylation sites (tertiary alicyclic amines) is 1. The van der Waals surface area contributed by atoms with Gasteiger partial charge in [-0.15, -0.1) is 6.58 Å². The van der Waals surface area contributed by atoms with Crippen molar-refractivity contribution in [2.45, 2.75) is 44.9 Å². The molecule has 0 aromatic heterocycles. The van der Waals surface area contributed by atoms with Crippen LogP contribution in [0.2, 0.25) is 0 Å². The molecular formula is C38H38NO5P. The smallest absolute Gasteiger partial charge is 0.235 e. The highest BCUT2D eigenvalue weighted by Gasteiger charge is 2.55. The molecule has 0 unspecified atom stereocenters. The lowest BCUT2D eigenvalue weighted by molar-refractivity contribution is -0.155. The average Bonchev–Trinajstić information content (AvgIpc) is 3.08. The Morgan fingerprint density at radius 3 is 1.76 bits per heavy atom. The van der Waals surface area contributed by atoms with Crippen LogP contribution in [0.5, 0.6) is 0 Å². The summed E-state index contributed by atoms with van der Waals surface area (Å²) in [5.74, 6) is -1.62. The van der Waals surface area contributed by atoms with E-state index in [0.717, 1.165) is 15.9 Å². The molecule has 3 atom stereocenters. The minimum absolute atomic E-state index is 0.0730. The minimum Gasteiger partial charge on any atom is -0.393 e. The summed E-state index contributed by atoms with van der Waals surface area (Å²) in [5, 5.41) is 23.0. The van der Waals surface area contributed by atoms with Crippen LogP contribution < -0.4 is 15.9 Å². The number of amides is 1. The van der Waals surface area contributed by atoms with Gasteiger partial charge in [-0.25, -0.2) is 0 Å². The number of carbonyl (C=O) groups excluding carboxylic acids is 3. The number of rotatable bonds is 13. The van der Waals surface area contributed by atoms with E-state index < -0.39 is 24.9 Å². The lowest BCUT2D eigenvalue weighted by atomic mass is 9.79. The van der Waals surface area contributed by atoms with Gasteiger partial charge < -0.3 is 15.1 Å². The van der Waals surface area contributed by atoms with Crippen molar-refractivity contribution < 1.29 is 24.6 Å². The molecule has 0 aliphatic carbocycles. The van der Waals surface area contributed by atoms with Gasteiger partial charge in [0.1, 0.15) is 0 Å².